The summed E-state index contributed by atoms with van der Waals surface area (Å²) in [5, 5.41) is 2.80. The van der Waals surface area contributed by atoms with E-state index in [0.717, 1.165) is 5.75 Å². The third-order valence-corrected chi connectivity index (χ3v) is 4.70. The van der Waals surface area contributed by atoms with E-state index < -0.39 is 17.8 Å². The molecular formula is C20H19FN4O2S. The maximum Gasteiger partial charge on any atom is 0.254 e. The number of nitrogens with one attached hydrogen (secondary N) is 2. The number of pyridine rings is 1. The highest BCUT2D eigenvalue weighted by molar-refractivity contribution is 7.98. The van der Waals surface area contributed by atoms with Crippen LogP contribution >= 0.6 is 11.8 Å². The lowest BCUT2D eigenvalue weighted by atomic mass is 10.1. The number of nitrogens with zero attached hydrogens (tertiary/aromatic N) is 2. The molecule has 6 nitrogen and oxygen atoms in total. The monoisotopic (exact) mass is 398 g/mol. The Balaban J connectivity index is 1.93. The Bertz CT molecular complexity index is 1010. The average molecular weight is 398 g/mol. The van der Waals surface area contributed by atoms with Crippen LogP contribution in [0.25, 0.3) is 11.5 Å². The predicted molar refractivity (Wildman–Crippen MR) is 108 cm³/mol. The Morgan fingerprint density at radius 3 is 2.75 bits per heavy atom. The first kappa shape index (κ1) is 19.8. The van der Waals surface area contributed by atoms with Gasteiger partial charge in [-0.15, -0.1) is 0 Å². The standard InChI is InChI=1S/C20H19FN4O2S/c1-28-11-9-15(24-20(27)13-6-2-3-7-14(13)21)17-12-18(26)25-19(23-17)16-8-4-5-10-22-16/h2-8,10,12,15H,9,11H2,1H3,(H,24,27)(H,23,25,26)/t15-/m0/s1. The van der Waals surface area contributed by atoms with Gasteiger partial charge in [0.05, 0.1) is 17.3 Å². The number of carbonyl (C=O) groups excluding carboxylic acids is 1. The molecule has 0 unspecified atom stereocenters. The third kappa shape index (κ3) is 4.83. The van der Waals surface area contributed by atoms with Gasteiger partial charge >= 0.3 is 0 Å². The van der Waals surface area contributed by atoms with Crippen LogP contribution in [0.4, 0.5) is 4.39 Å². The third-order valence-electron chi connectivity index (χ3n) is 4.06. The van der Waals surface area contributed by atoms with E-state index in [-0.39, 0.29) is 11.1 Å². The van der Waals surface area contributed by atoms with Gasteiger partial charge in [0, 0.05) is 12.3 Å². The number of hydrogen-bond donors (Lipinski definition) is 2. The Kier molecular flexibility index (Phi) is 6.54. The first-order valence-corrected chi connectivity index (χ1v) is 10.0. The molecule has 0 fully saturated rings. The number of carbonyl (C=O) groups is 1. The van der Waals surface area contributed by atoms with E-state index in [9.17, 15) is 14.0 Å². The Hall–Kier alpha value is -3.00. The van der Waals surface area contributed by atoms with Gasteiger partial charge in [-0.05, 0) is 42.7 Å². The van der Waals surface area contributed by atoms with Crippen LogP contribution in [0.3, 0.4) is 0 Å². The molecule has 3 aromatic rings. The molecule has 0 radical (unpaired) electrons. The van der Waals surface area contributed by atoms with Crippen molar-refractivity contribution < 1.29 is 9.18 Å². The number of rotatable bonds is 7. The minimum Gasteiger partial charge on any atom is -0.344 e. The van der Waals surface area contributed by atoms with Crippen molar-refractivity contribution in [2.24, 2.45) is 0 Å². The average Bonchev–Trinajstić information content (AvgIpc) is 2.71. The van der Waals surface area contributed by atoms with Gasteiger partial charge in [0.2, 0.25) is 0 Å². The number of halogens is 1. The Morgan fingerprint density at radius 2 is 2.04 bits per heavy atom. The van der Waals surface area contributed by atoms with Crippen LogP contribution in [0.1, 0.15) is 28.5 Å². The number of thioether (sulfide) groups is 1. The molecular weight excluding hydrogens is 379 g/mol. The molecule has 0 spiro atoms. The van der Waals surface area contributed by atoms with Crippen molar-refractivity contribution in [3.05, 3.63) is 82.2 Å². The molecule has 0 aliphatic heterocycles. The van der Waals surface area contributed by atoms with E-state index in [2.05, 4.69) is 20.3 Å². The van der Waals surface area contributed by atoms with E-state index >= 15 is 0 Å². The van der Waals surface area contributed by atoms with E-state index in [1.807, 2.05) is 6.26 Å². The number of aromatic amines is 1. The number of aromatic nitrogens is 3. The quantitative estimate of drug-likeness (QED) is 0.638. The highest BCUT2D eigenvalue weighted by atomic mass is 32.2. The van der Waals surface area contributed by atoms with Crippen molar-refractivity contribution in [2.75, 3.05) is 12.0 Å². The van der Waals surface area contributed by atoms with Crippen LogP contribution in [-0.4, -0.2) is 32.9 Å². The van der Waals surface area contributed by atoms with E-state index in [0.29, 0.717) is 23.6 Å². The maximum atomic E-state index is 14.0. The first-order chi connectivity index (χ1) is 13.6. The fraction of sp³-hybridized carbons (Fsp3) is 0.200. The van der Waals surface area contributed by atoms with Gasteiger partial charge in [0.25, 0.3) is 11.5 Å². The zero-order chi connectivity index (χ0) is 19.9. The molecule has 1 atom stereocenters. The topological polar surface area (TPSA) is 87.7 Å². The van der Waals surface area contributed by atoms with Gasteiger partial charge < -0.3 is 10.3 Å². The van der Waals surface area contributed by atoms with Crippen LogP contribution in [0.2, 0.25) is 0 Å². The molecule has 1 aromatic carbocycles. The van der Waals surface area contributed by atoms with Crippen LogP contribution in [0.15, 0.2) is 59.5 Å². The van der Waals surface area contributed by atoms with Crippen LogP contribution in [0.5, 0.6) is 0 Å². The van der Waals surface area contributed by atoms with Gasteiger partial charge in [-0.25, -0.2) is 9.37 Å². The minimum atomic E-state index is -0.600. The molecule has 2 N–H and O–H groups in total. The summed E-state index contributed by atoms with van der Waals surface area (Å²) in [7, 11) is 0. The van der Waals surface area contributed by atoms with Crippen molar-refractivity contribution >= 4 is 17.7 Å². The van der Waals surface area contributed by atoms with Gasteiger partial charge in [-0.3, -0.25) is 14.6 Å². The first-order valence-electron chi connectivity index (χ1n) is 8.65. The van der Waals surface area contributed by atoms with Crippen LogP contribution < -0.4 is 10.9 Å². The highest BCUT2D eigenvalue weighted by Crippen LogP contribution is 2.19. The molecule has 0 bridgehead atoms. The SMILES string of the molecule is CSCC[C@H](NC(=O)c1ccccc1F)c1cc(=O)[nH]c(-c2ccccn2)n1. The summed E-state index contributed by atoms with van der Waals surface area (Å²) >= 11 is 1.60. The lowest BCUT2D eigenvalue weighted by Gasteiger charge is -2.18. The van der Waals surface area contributed by atoms with Crippen LogP contribution in [-0.2, 0) is 0 Å². The van der Waals surface area contributed by atoms with E-state index in [1.165, 1.54) is 24.3 Å². The molecule has 2 heterocycles. The maximum absolute atomic E-state index is 14.0. The van der Waals surface area contributed by atoms with Crippen LogP contribution in [0, 0.1) is 5.82 Å². The molecule has 1 amide bonds. The summed E-state index contributed by atoms with van der Waals surface area (Å²) in [5.41, 5.74) is 0.528. The van der Waals surface area contributed by atoms with Crippen molar-refractivity contribution in [1.29, 1.82) is 0 Å². The van der Waals surface area contributed by atoms with E-state index in [4.69, 9.17) is 0 Å². The molecule has 144 valence electrons. The molecule has 8 heteroatoms. The molecule has 0 aliphatic carbocycles. The number of H-pyrrole nitrogens is 1. The normalized spacial score (nSPS) is 11.8. The summed E-state index contributed by atoms with van der Waals surface area (Å²) in [5.74, 6) is -0.102. The van der Waals surface area contributed by atoms with Gasteiger partial charge in [0.15, 0.2) is 5.82 Å². The molecule has 0 saturated carbocycles. The molecule has 0 aliphatic rings. The van der Waals surface area contributed by atoms with Gasteiger partial charge in [0.1, 0.15) is 11.5 Å². The zero-order valence-electron chi connectivity index (χ0n) is 15.2. The van der Waals surface area contributed by atoms with Gasteiger partial charge in [-0.1, -0.05) is 18.2 Å². The minimum absolute atomic E-state index is 0.0496. The van der Waals surface area contributed by atoms with Crippen molar-refractivity contribution in [2.45, 2.75) is 12.5 Å². The summed E-state index contributed by atoms with van der Waals surface area (Å²) in [6.45, 7) is 0. The molecule has 28 heavy (non-hydrogen) atoms. The number of hydrogen-bond acceptors (Lipinski definition) is 5. The van der Waals surface area contributed by atoms with Crippen molar-refractivity contribution in [3.63, 3.8) is 0 Å². The molecule has 0 saturated heterocycles. The number of benzene rings is 1. The van der Waals surface area contributed by atoms with Gasteiger partial charge in [-0.2, -0.15) is 11.8 Å². The lowest BCUT2D eigenvalue weighted by Crippen LogP contribution is -2.31. The smallest absolute Gasteiger partial charge is 0.254 e. The lowest BCUT2D eigenvalue weighted by molar-refractivity contribution is 0.0931. The second-order valence-corrected chi connectivity index (χ2v) is 7.01. The fourth-order valence-corrected chi connectivity index (χ4v) is 3.16. The molecule has 2 aromatic heterocycles. The Morgan fingerprint density at radius 1 is 1.25 bits per heavy atom. The fourth-order valence-electron chi connectivity index (χ4n) is 2.69. The molecule has 3 rings (SSSR count). The number of amides is 1. The summed E-state index contributed by atoms with van der Waals surface area (Å²) < 4.78 is 14.0. The summed E-state index contributed by atoms with van der Waals surface area (Å²) in [6, 6.07) is 11.9. The largest absolute Gasteiger partial charge is 0.344 e. The van der Waals surface area contributed by atoms with Crippen molar-refractivity contribution in [3.8, 4) is 11.5 Å². The summed E-state index contributed by atoms with van der Waals surface area (Å²) in [4.78, 5) is 36.1. The highest BCUT2D eigenvalue weighted by Gasteiger charge is 2.20. The predicted octanol–water partition coefficient (Wildman–Crippen LogP) is 3.20. The van der Waals surface area contributed by atoms with Crippen molar-refractivity contribution in [1.82, 2.24) is 20.3 Å². The van der Waals surface area contributed by atoms with E-state index in [1.54, 1.807) is 42.2 Å². The second-order valence-electron chi connectivity index (χ2n) is 6.02. The second kappa shape index (κ2) is 9.27. The Labute approximate surface area is 165 Å². The zero-order valence-corrected chi connectivity index (χ0v) is 16.0. The summed E-state index contributed by atoms with van der Waals surface area (Å²) in [6.07, 6.45) is 4.09.